The van der Waals surface area contributed by atoms with Crippen LogP contribution in [0.25, 0.3) is 0 Å². The predicted octanol–water partition coefficient (Wildman–Crippen LogP) is -0.194. The Labute approximate surface area is 74.0 Å². The Morgan fingerprint density at radius 3 is 2.36 bits per heavy atom. The molecule has 1 aliphatic rings. The van der Waals surface area contributed by atoms with Gasteiger partial charge >= 0.3 is 0 Å². The van der Waals surface area contributed by atoms with Crippen molar-refractivity contribution in [2.75, 3.05) is 12.0 Å². The van der Waals surface area contributed by atoms with Crippen molar-refractivity contribution in [2.45, 2.75) is 0 Å². The predicted molar refractivity (Wildman–Crippen MR) is 46.7 cm³/mol. The van der Waals surface area contributed by atoms with Crippen molar-refractivity contribution < 1.29 is 13.2 Å². The Balaban J connectivity index is 3.05. The maximum atomic E-state index is 10.9. The van der Waals surface area contributed by atoms with E-state index in [1.54, 1.807) is 0 Å². The van der Waals surface area contributed by atoms with Crippen LogP contribution >= 0.6 is 24.0 Å². The van der Waals surface area contributed by atoms with Crippen molar-refractivity contribution in [3.05, 3.63) is 0 Å². The fourth-order valence-electron chi connectivity index (χ4n) is 0.663. The van der Waals surface area contributed by atoms with Gasteiger partial charge in [0, 0.05) is 0 Å². The smallest absolute Gasteiger partial charge is 0.252 e. The molecule has 0 aromatic carbocycles. The van der Waals surface area contributed by atoms with Crippen LogP contribution in [-0.4, -0.2) is 35.0 Å². The first-order valence-corrected chi connectivity index (χ1v) is 5.87. The van der Waals surface area contributed by atoms with E-state index in [-0.39, 0.29) is 10.1 Å². The highest BCUT2D eigenvalue weighted by atomic mass is 32.2. The van der Waals surface area contributed by atoms with E-state index < -0.39 is 15.9 Å². The van der Waals surface area contributed by atoms with Crippen LogP contribution in [0, 0.1) is 0 Å². The molecule has 1 fully saturated rings. The molecule has 11 heavy (non-hydrogen) atoms. The second kappa shape index (κ2) is 2.72. The van der Waals surface area contributed by atoms with Crippen molar-refractivity contribution in [1.82, 2.24) is 4.31 Å². The second-order valence-electron chi connectivity index (χ2n) is 1.98. The Morgan fingerprint density at radius 2 is 2.18 bits per heavy atom. The highest BCUT2D eigenvalue weighted by Crippen LogP contribution is 2.21. The Bertz CT molecular complexity index is 291. The van der Waals surface area contributed by atoms with E-state index in [1.165, 1.54) is 0 Å². The number of amides is 1. The molecule has 1 saturated heterocycles. The molecule has 0 bridgehead atoms. The molecule has 0 saturated carbocycles. The third-order valence-corrected chi connectivity index (χ3v) is 3.68. The van der Waals surface area contributed by atoms with Gasteiger partial charge in [-0.05, 0) is 0 Å². The molecule has 4 nitrogen and oxygen atoms in total. The number of nitrogens with zero attached hydrogens (tertiary/aromatic N) is 1. The standard InChI is InChI=1S/C4H5NO3S3/c1-11(7,8)5-3(6)2-10-4(5)9/h2H2,1H3. The van der Waals surface area contributed by atoms with Crippen molar-refractivity contribution >= 4 is 44.2 Å². The van der Waals surface area contributed by atoms with Crippen LogP contribution in [0.2, 0.25) is 0 Å². The lowest BCUT2D eigenvalue weighted by Gasteiger charge is -2.10. The third kappa shape index (κ3) is 1.71. The van der Waals surface area contributed by atoms with E-state index >= 15 is 0 Å². The molecule has 0 aromatic heterocycles. The van der Waals surface area contributed by atoms with Crippen LogP contribution in [0.1, 0.15) is 0 Å². The van der Waals surface area contributed by atoms with E-state index in [1.807, 2.05) is 0 Å². The van der Waals surface area contributed by atoms with Crippen LogP contribution in [-0.2, 0) is 14.8 Å². The summed E-state index contributed by atoms with van der Waals surface area (Å²) in [6, 6.07) is 0. The van der Waals surface area contributed by atoms with Crippen molar-refractivity contribution in [1.29, 1.82) is 0 Å². The molecular weight excluding hydrogens is 206 g/mol. The van der Waals surface area contributed by atoms with E-state index in [9.17, 15) is 13.2 Å². The highest BCUT2D eigenvalue weighted by molar-refractivity contribution is 8.25. The van der Waals surface area contributed by atoms with Crippen molar-refractivity contribution in [2.24, 2.45) is 0 Å². The van der Waals surface area contributed by atoms with Crippen molar-refractivity contribution in [3.8, 4) is 0 Å². The lowest BCUT2D eigenvalue weighted by Crippen LogP contribution is -2.33. The first-order chi connectivity index (χ1) is 4.93. The van der Waals surface area contributed by atoms with Crippen LogP contribution in [0.3, 0.4) is 0 Å². The minimum atomic E-state index is -3.48. The molecule has 0 aliphatic carbocycles. The third-order valence-electron chi connectivity index (χ3n) is 1.04. The molecule has 7 heteroatoms. The van der Waals surface area contributed by atoms with E-state index in [4.69, 9.17) is 0 Å². The number of carbonyl (C=O) groups is 1. The van der Waals surface area contributed by atoms with Gasteiger partial charge in [-0.15, -0.1) is 0 Å². The molecule has 1 amide bonds. The number of thioether (sulfide) groups is 1. The van der Waals surface area contributed by atoms with E-state index in [0.717, 1.165) is 18.0 Å². The summed E-state index contributed by atoms with van der Waals surface area (Å²) in [5.74, 6) is -0.325. The summed E-state index contributed by atoms with van der Waals surface area (Å²) in [6.45, 7) is 0. The minimum absolute atomic E-state index is 0.123. The second-order valence-corrected chi connectivity index (χ2v) is 5.42. The lowest BCUT2D eigenvalue weighted by molar-refractivity contribution is -0.120. The minimum Gasteiger partial charge on any atom is -0.272 e. The number of hydrogen-bond acceptors (Lipinski definition) is 5. The van der Waals surface area contributed by atoms with Crippen LogP contribution < -0.4 is 0 Å². The average molecular weight is 211 g/mol. The van der Waals surface area contributed by atoms with E-state index in [2.05, 4.69) is 12.2 Å². The monoisotopic (exact) mass is 211 g/mol. The lowest BCUT2D eigenvalue weighted by atomic mass is 10.7. The normalized spacial score (nSPS) is 19.5. The van der Waals surface area contributed by atoms with Gasteiger partial charge in [0.15, 0.2) is 4.32 Å². The fraction of sp³-hybridized carbons (Fsp3) is 0.500. The molecule has 1 rings (SSSR count). The summed E-state index contributed by atoms with van der Waals surface area (Å²) in [5.41, 5.74) is 0. The number of thiocarbonyl (C=S) groups is 1. The zero-order chi connectivity index (χ0) is 8.65. The molecule has 0 radical (unpaired) electrons. The number of hydrogen-bond donors (Lipinski definition) is 0. The van der Waals surface area contributed by atoms with Gasteiger partial charge in [0.2, 0.25) is 10.0 Å². The number of rotatable bonds is 1. The summed E-state index contributed by atoms with van der Waals surface area (Å²) in [4.78, 5) is 10.9. The molecule has 62 valence electrons. The summed E-state index contributed by atoms with van der Waals surface area (Å²) in [7, 11) is -3.48. The largest absolute Gasteiger partial charge is 0.272 e. The van der Waals surface area contributed by atoms with Gasteiger partial charge in [-0.25, -0.2) is 8.42 Å². The van der Waals surface area contributed by atoms with Gasteiger partial charge < -0.3 is 0 Å². The molecule has 0 N–H and O–H groups in total. The number of sulfonamides is 1. The molecule has 0 spiro atoms. The van der Waals surface area contributed by atoms with Gasteiger partial charge in [-0.1, -0.05) is 24.0 Å². The Hall–Kier alpha value is -0.140. The average Bonchev–Trinajstić information content (AvgIpc) is 2.08. The maximum absolute atomic E-state index is 10.9. The quantitative estimate of drug-likeness (QED) is 0.563. The SMILES string of the molecule is CS(=O)(=O)N1C(=O)CSC1=S. The molecule has 0 atom stereocenters. The summed E-state index contributed by atoms with van der Waals surface area (Å²) in [5, 5.41) is 0. The zero-order valence-electron chi connectivity index (χ0n) is 5.60. The van der Waals surface area contributed by atoms with Gasteiger partial charge in [-0.2, -0.15) is 4.31 Å². The van der Waals surface area contributed by atoms with Gasteiger partial charge in [0.05, 0.1) is 12.0 Å². The topological polar surface area (TPSA) is 54.5 Å². The Kier molecular flexibility index (Phi) is 2.22. The van der Waals surface area contributed by atoms with Crippen molar-refractivity contribution in [3.63, 3.8) is 0 Å². The maximum Gasteiger partial charge on any atom is 0.252 e. The zero-order valence-corrected chi connectivity index (χ0v) is 8.05. The molecule has 0 unspecified atom stereocenters. The first kappa shape index (κ1) is 8.95. The summed E-state index contributed by atoms with van der Waals surface area (Å²) >= 11 is 5.72. The molecular formula is C4H5NO3S3. The fourth-order valence-corrected chi connectivity index (χ4v) is 3.29. The van der Waals surface area contributed by atoms with Gasteiger partial charge in [0.1, 0.15) is 0 Å². The van der Waals surface area contributed by atoms with Crippen LogP contribution in [0.5, 0.6) is 0 Å². The van der Waals surface area contributed by atoms with E-state index in [0.29, 0.717) is 4.31 Å². The van der Waals surface area contributed by atoms with Gasteiger partial charge in [-0.3, -0.25) is 4.79 Å². The van der Waals surface area contributed by atoms with Gasteiger partial charge in [0.25, 0.3) is 5.91 Å². The van der Waals surface area contributed by atoms with Crippen LogP contribution in [0.4, 0.5) is 0 Å². The number of carbonyl (C=O) groups excluding carboxylic acids is 1. The molecule has 0 aromatic rings. The summed E-state index contributed by atoms with van der Waals surface area (Å²) in [6.07, 6.45) is 0.961. The highest BCUT2D eigenvalue weighted by Gasteiger charge is 2.33. The van der Waals surface area contributed by atoms with Crippen LogP contribution in [0.15, 0.2) is 0 Å². The first-order valence-electron chi connectivity index (χ1n) is 2.63. The summed E-state index contributed by atoms with van der Waals surface area (Å²) < 4.78 is 22.5. The Morgan fingerprint density at radius 1 is 1.64 bits per heavy atom. The molecule has 1 heterocycles. The molecule has 1 aliphatic heterocycles.